The lowest BCUT2D eigenvalue weighted by atomic mass is 9.99. The summed E-state index contributed by atoms with van der Waals surface area (Å²) in [6, 6.07) is -0.498. The Kier molecular flexibility index (Phi) is 8.20. The Labute approximate surface area is 116 Å². The molecule has 2 unspecified atom stereocenters. The fourth-order valence-corrected chi connectivity index (χ4v) is 2.59. The molecule has 0 radical (unpaired) electrons. The molecule has 0 rings (SSSR count). The van der Waals surface area contributed by atoms with Gasteiger partial charge in [0.1, 0.15) is 0 Å². The van der Waals surface area contributed by atoms with Crippen LogP contribution in [0, 0.1) is 5.92 Å². The molecule has 7 heteroatoms. The fourth-order valence-electron chi connectivity index (χ4n) is 1.66. The first-order valence-corrected chi connectivity index (χ1v) is 8.57. The first-order chi connectivity index (χ1) is 8.73. The van der Waals surface area contributed by atoms with Gasteiger partial charge in [-0.15, -0.1) is 0 Å². The average Bonchev–Trinajstić information content (AvgIpc) is 2.34. The molecular formula is C12H27N3O3S. The summed E-state index contributed by atoms with van der Waals surface area (Å²) < 4.78 is 24.1. The van der Waals surface area contributed by atoms with E-state index >= 15 is 0 Å². The first kappa shape index (κ1) is 18.3. The summed E-state index contributed by atoms with van der Waals surface area (Å²) in [6.45, 7) is 7.01. The molecule has 19 heavy (non-hydrogen) atoms. The minimum Gasteiger partial charge on any atom is -0.355 e. The fraction of sp³-hybridized carbons (Fsp3) is 0.917. The van der Waals surface area contributed by atoms with Crippen molar-refractivity contribution in [2.75, 3.05) is 25.9 Å². The Bertz CT molecular complexity index is 370. The van der Waals surface area contributed by atoms with Crippen LogP contribution in [0.5, 0.6) is 0 Å². The molecule has 0 heterocycles. The summed E-state index contributed by atoms with van der Waals surface area (Å²) in [5, 5.41) is 2.74. The SMILES string of the molecule is CCC(C)C(N)C(=O)NCCCN(CC)S(C)(=O)=O. The summed E-state index contributed by atoms with van der Waals surface area (Å²) in [5.74, 6) is -0.0279. The Hall–Kier alpha value is -0.660. The number of nitrogens with zero attached hydrogens (tertiary/aromatic N) is 1. The van der Waals surface area contributed by atoms with Crippen molar-refractivity contribution >= 4 is 15.9 Å². The number of carbonyl (C=O) groups is 1. The summed E-state index contributed by atoms with van der Waals surface area (Å²) in [4.78, 5) is 11.7. The van der Waals surface area contributed by atoms with Gasteiger partial charge in [0.05, 0.1) is 12.3 Å². The number of carbonyl (C=O) groups excluding carboxylic acids is 1. The van der Waals surface area contributed by atoms with Gasteiger partial charge < -0.3 is 11.1 Å². The molecule has 0 aromatic rings. The monoisotopic (exact) mass is 293 g/mol. The molecule has 2 atom stereocenters. The van der Waals surface area contributed by atoms with E-state index in [1.807, 2.05) is 13.8 Å². The molecule has 0 aromatic carbocycles. The number of sulfonamides is 1. The maximum atomic E-state index is 11.7. The third-order valence-electron chi connectivity index (χ3n) is 3.26. The van der Waals surface area contributed by atoms with Crippen molar-refractivity contribution in [3.63, 3.8) is 0 Å². The topological polar surface area (TPSA) is 92.5 Å². The Balaban J connectivity index is 4.01. The molecule has 0 spiro atoms. The highest BCUT2D eigenvalue weighted by Gasteiger charge is 2.19. The van der Waals surface area contributed by atoms with Gasteiger partial charge in [0.25, 0.3) is 0 Å². The van der Waals surface area contributed by atoms with Crippen molar-refractivity contribution in [1.29, 1.82) is 0 Å². The molecule has 0 aromatic heterocycles. The number of amides is 1. The van der Waals surface area contributed by atoms with Crippen LogP contribution in [0.3, 0.4) is 0 Å². The van der Waals surface area contributed by atoms with E-state index < -0.39 is 16.1 Å². The van der Waals surface area contributed by atoms with Crippen LogP contribution in [-0.2, 0) is 14.8 Å². The molecular weight excluding hydrogens is 266 g/mol. The Morgan fingerprint density at radius 2 is 1.95 bits per heavy atom. The van der Waals surface area contributed by atoms with Gasteiger partial charge in [-0.3, -0.25) is 4.79 Å². The summed E-state index contributed by atoms with van der Waals surface area (Å²) in [5.41, 5.74) is 5.79. The van der Waals surface area contributed by atoms with E-state index in [0.29, 0.717) is 26.1 Å². The normalized spacial score (nSPS) is 15.3. The van der Waals surface area contributed by atoms with Crippen LogP contribution in [0.2, 0.25) is 0 Å². The zero-order valence-corrected chi connectivity index (χ0v) is 13.2. The quantitative estimate of drug-likeness (QED) is 0.592. The molecule has 3 N–H and O–H groups in total. The standard InChI is InChI=1S/C12H27N3O3S/c1-5-10(3)11(13)12(16)14-8-7-9-15(6-2)19(4,17)18/h10-11H,5-9,13H2,1-4H3,(H,14,16). The second-order valence-corrected chi connectivity index (χ2v) is 6.79. The average molecular weight is 293 g/mol. The molecule has 0 fully saturated rings. The third-order valence-corrected chi connectivity index (χ3v) is 4.64. The largest absolute Gasteiger partial charge is 0.355 e. The van der Waals surface area contributed by atoms with Crippen molar-refractivity contribution < 1.29 is 13.2 Å². The highest BCUT2D eigenvalue weighted by atomic mass is 32.2. The van der Waals surface area contributed by atoms with Gasteiger partial charge in [-0.2, -0.15) is 0 Å². The molecule has 0 aliphatic rings. The first-order valence-electron chi connectivity index (χ1n) is 6.72. The van der Waals surface area contributed by atoms with Crippen LogP contribution in [0.15, 0.2) is 0 Å². The number of hydrogen-bond acceptors (Lipinski definition) is 4. The predicted octanol–water partition coefficient (Wildman–Crippen LogP) is 0.148. The summed E-state index contributed by atoms with van der Waals surface area (Å²) in [7, 11) is -3.15. The predicted molar refractivity (Wildman–Crippen MR) is 77.1 cm³/mol. The molecule has 114 valence electrons. The number of hydrogen-bond donors (Lipinski definition) is 2. The van der Waals surface area contributed by atoms with Gasteiger partial charge in [0.15, 0.2) is 0 Å². The van der Waals surface area contributed by atoms with Crippen LogP contribution in [0.25, 0.3) is 0 Å². The second kappa shape index (κ2) is 8.50. The van der Waals surface area contributed by atoms with Crippen LogP contribution in [0.4, 0.5) is 0 Å². The molecule has 0 saturated heterocycles. The van der Waals surface area contributed by atoms with Gasteiger partial charge in [-0.05, 0) is 12.3 Å². The van der Waals surface area contributed by atoms with Gasteiger partial charge in [-0.1, -0.05) is 27.2 Å². The van der Waals surface area contributed by atoms with E-state index in [-0.39, 0.29) is 11.8 Å². The maximum absolute atomic E-state index is 11.7. The van der Waals surface area contributed by atoms with Crippen molar-refractivity contribution in [3.05, 3.63) is 0 Å². The molecule has 0 aliphatic carbocycles. The van der Waals surface area contributed by atoms with E-state index in [1.54, 1.807) is 6.92 Å². The lowest BCUT2D eigenvalue weighted by molar-refractivity contribution is -0.123. The van der Waals surface area contributed by atoms with Crippen LogP contribution >= 0.6 is 0 Å². The lowest BCUT2D eigenvalue weighted by Crippen LogP contribution is -2.45. The van der Waals surface area contributed by atoms with E-state index in [9.17, 15) is 13.2 Å². The van der Waals surface area contributed by atoms with Crippen molar-refractivity contribution in [2.45, 2.75) is 39.7 Å². The number of nitrogens with one attached hydrogen (secondary N) is 1. The molecule has 0 saturated carbocycles. The number of nitrogens with two attached hydrogens (primary N) is 1. The van der Waals surface area contributed by atoms with E-state index in [0.717, 1.165) is 6.42 Å². The highest BCUT2D eigenvalue weighted by molar-refractivity contribution is 7.88. The third kappa shape index (κ3) is 6.89. The van der Waals surface area contributed by atoms with Gasteiger partial charge in [0.2, 0.25) is 15.9 Å². The van der Waals surface area contributed by atoms with Gasteiger partial charge in [0, 0.05) is 19.6 Å². The minimum absolute atomic E-state index is 0.142. The van der Waals surface area contributed by atoms with E-state index in [2.05, 4.69) is 5.32 Å². The van der Waals surface area contributed by atoms with Crippen LogP contribution in [0.1, 0.15) is 33.6 Å². The lowest BCUT2D eigenvalue weighted by Gasteiger charge is -2.19. The van der Waals surface area contributed by atoms with Gasteiger partial charge in [-0.25, -0.2) is 12.7 Å². The second-order valence-electron chi connectivity index (χ2n) is 4.81. The highest BCUT2D eigenvalue weighted by Crippen LogP contribution is 2.05. The summed E-state index contributed by atoms with van der Waals surface area (Å²) >= 11 is 0. The zero-order chi connectivity index (χ0) is 15.1. The van der Waals surface area contributed by atoms with Crippen molar-refractivity contribution in [1.82, 2.24) is 9.62 Å². The molecule has 0 aliphatic heterocycles. The molecule has 1 amide bonds. The van der Waals surface area contributed by atoms with Crippen LogP contribution in [-0.4, -0.2) is 50.6 Å². The smallest absolute Gasteiger partial charge is 0.237 e. The maximum Gasteiger partial charge on any atom is 0.237 e. The molecule has 0 bridgehead atoms. The Morgan fingerprint density at radius 3 is 2.37 bits per heavy atom. The van der Waals surface area contributed by atoms with Crippen molar-refractivity contribution in [2.24, 2.45) is 11.7 Å². The summed E-state index contributed by atoms with van der Waals surface area (Å²) in [6.07, 6.45) is 2.63. The van der Waals surface area contributed by atoms with Gasteiger partial charge >= 0.3 is 0 Å². The number of rotatable bonds is 9. The van der Waals surface area contributed by atoms with E-state index in [4.69, 9.17) is 5.73 Å². The van der Waals surface area contributed by atoms with E-state index in [1.165, 1.54) is 10.6 Å². The van der Waals surface area contributed by atoms with Crippen molar-refractivity contribution in [3.8, 4) is 0 Å². The molecule has 6 nitrogen and oxygen atoms in total. The van der Waals surface area contributed by atoms with Crippen LogP contribution < -0.4 is 11.1 Å². The Morgan fingerprint density at radius 1 is 1.37 bits per heavy atom. The zero-order valence-electron chi connectivity index (χ0n) is 12.3. The minimum atomic E-state index is -3.15.